The minimum atomic E-state index is 0.0887. The van der Waals surface area contributed by atoms with Crippen LogP contribution >= 0.6 is 22.9 Å². The lowest BCUT2D eigenvalue weighted by Crippen LogP contribution is -2.30. The summed E-state index contributed by atoms with van der Waals surface area (Å²) in [6.07, 6.45) is 7.13. The first-order valence-corrected chi connectivity index (χ1v) is 8.03. The molecule has 18 heavy (non-hydrogen) atoms. The van der Waals surface area contributed by atoms with Gasteiger partial charge in [-0.05, 0) is 50.2 Å². The van der Waals surface area contributed by atoms with Crippen molar-refractivity contribution in [1.82, 2.24) is 5.32 Å². The molecule has 0 bridgehead atoms. The first kappa shape index (κ1) is 12.5. The van der Waals surface area contributed by atoms with Crippen molar-refractivity contribution < 1.29 is 4.79 Å². The van der Waals surface area contributed by atoms with Gasteiger partial charge in [0.2, 0.25) is 0 Å². The van der Waals surface area contributed by atoms with E-state index in [2.05, 4.69) is 11.4 Å². The van der Waals surface area contributed by atoms with Crippen LogP contribution in [0.15, 0.2) is 6.07 Å². The van der Waals surface area contributed by atoms with Gasteiger partial charge in [0.1, 0.15) is 0 Å². The second-order valence-electron chi connectivity index (χ2n) is 5.58. The Balaban J connectivity index is 1.63. The first-order chi connectivity index (χ1) is 8.72. The highest BCUT2D eigenvalue weighted by Gasteiger charge is 2.41. The van der Waals surface area contributed by atoms with E-state index in [0.717, 1.165) is 37.1 Å². The van der Waals surface area contributed by atoms with Gasteiger partial charge in [0, 0.05) is 22.7 Å². The van der Waals surface area contributed by atoms with Gasteiger partial charge in [0.05, 0.1) is 4.88 Å². The topological polar surface area (TPSA) is 29.1 Å². The molecule has 0 aromatic carbocycles. The van der Waals surface area contributed by atoms with Crippen LogP contribution in [0.25, 0.3) is 0 Å². The van der Waals surface area contributed by atoms with Gasteiger partial charge in [0.25, 0.3) is 5.91 Å². The maximum Gasteiger partial charge on any atom is 0.261 e. The van der Waals surface area contributed by atoms with Crippen LogP contribution in [0.2, 0.25) is 0 Å². The van der Waals surface area contributed by atoms with Crippen molar-refractivity contribution >= 4 is 28.8 Å². The minimum absolute atomic E-state index is 0.0887. The van der Waals surface area contributed by atoms with E-state index in [-0.39, 0.29) is 11.3 Å². The highest BCUT2D eigenvalue weighted by Crippen LogP contribution is 2.45. The lowest BCUT2D eigenvalue weighted by atomic mass is 9.99. The molecular formula is C14H18ClNOS. The van der Waals surface area contributed by atoms with Crippen LogP contribution in [0.5, 0.6) is 0 Å². The number of fused-ring (bicyclic) bond motifs is 1. The van der Waals surface area contributed by atoms with Crippen molar-refractivity contribution in [2.24, 2.45) is 5.41 Å². The third-order valence-electron chi connectivity index (χ3n) is 4.08. The van der Waals surface area contributed by atoms with E-state index >= 15 is 0 Å². The molecule has 0 spiro atoms. The van der Waals surface area contributed by atoms with Gasteiger partial charge >= 0.3 is 0 Å². The molecule has 0 unspecified atom stereocenters. The van der Waals surface area contributed by atoms with Crippen LogP contribution < -0.4 is 5.32 Å². The maximum absolute atomic E-state index is 12.1. The molecule has 0 saturated heterocycles. The molecule has 2 aliphatic rings. The normalized spacial score (nSPS) is 20.3. The fourth-order valence-corrected chi connectivity index (χ4v) is 4.02. The highest BCUT2D eigenvalue weighted by molar-refractivity contribution is 7.14. The molecular weight excluding hydrogens is 266 g/mol. The van der Waals surface area contributed by atoms with Crippen LogP contribution in [0.1, 0.15) is 45.8 Å². The van der Waals surface area contributed by atoms with E-state index in [0.29, 0.717) is 5.88 Å². The zero-order valence-corrected chi connectivity index (χ0v) is 12.0. The van der Waals surface area contributed by atoms with Crippen LogP contribution in [0.4, 0.5) is 0 Å². The molecule has 1 aromatic rings. The Bertz CT molecular complexity index is 441. The van der Waals surface area contributed by atoms with E-state index < -0.39 is 0 Å². The summed E-state index contributed by atoms with van der Waals surface area (Å²) < 4.78 is 0. The molecule has 2 aliphatic carbocycles. The predicted octanol–water partition coefficient (Wildman–Crippen LogP) is 3.38. The quantitative estimate of drug-likeness (QED) is 0.844. The summed E-state index contributed by atoms with van der Waals surface area (Å²) in [5.74, 6) is 0.750. The summed E-state index contributed by atoms with van der Waals surface area (Å²) >= 11 is 7.60. The summed E-state index contributed by atoms with van der Waals surface area (Å²) in [6, 6.07) is 2.09. The van der Waals surface area contributed by atoms with E-state index in [1.165, 1.54) is 23.3 Å². The molecule has 98 valence electrons. The van der Waals surface area contributed by atoms with Crippen molar-refractivity contribution in [3.63, 3.8) is 0 Å². The summed E-state index contributed by atoms with van der Waals surface area (Å²) in [7, 11) is 0. The fourth-order valence-electron chi connectivity index (χ4n) is 2.49. The minimum Gasteiger partial charge on any atom is -0.351 e. The van der Waals surface area contributed by atoms with Crippen LogP contribution in [-0.4, -0.2) is 18.3 Å². The summed E-state index contributed by atoms with van der Waals surface area (Å²) in [5, 5.41) is 3.05. The zero-order chi connectivity index (χ0) is 12.6. The number of nitrogens with one attached hydrogen (secondary N) is 1. The summed E-state index contributed by atoms with van der Waals surface area (Å²) in [4.78, 5) is 14.4. The average Bonchev–Trinajstić information content (AvgIpc) is 3.05. The molecule has 2 nitrogen and oxygen atoms in total. The smallest absolute Gasteiger partial charge is 0.261 e. The molecule has 1 aromatic heterocycles. The molecule has 1 fully saturated rings. The van der Waals surface area contributed by atoms with Gasteiger partial charge in [-0.25, -0.2) is 0 Å². The number of alkyl halides is 1. The van der Waals surface area contributed by atoms with Gasteiger partial charge in [-0.3, -0.25) is 4.79 Å². The Labute approximate surface area is 117 Å². The lowest BCUT2D eigenvalue weighted by molar-refractivity contribution is 0.0950. The molecule has 1 N–H and O–H groups in total. The number of halogens is 1. The lowest BCUT2D eigenvalue weighted by Gasteiger charge is -2.11. The van der Waals surface area contributed by atoms with E-state index in [1.54, 1.807) is 11.3 Å². The van der Waals surface area contributed by atoms with Crippen molar-refractivity contribution in [2.75, 3.05) is 12.4 Å². The second kappa shape index (κ2) is 4.86. The number of hydrogen-bond acceptors (Lipinski definition) is 2. The summed E-state index contributed by atoms with van der Waals surface area (Å²) in [6.45, 7) is 0.734. The predicted molar refractivity (Wildman–Crippen MR) is 75.7 cm³/mol. The monoisotopic (exact) mass is 283 g/mol. The van der Waals surface area contributed by atoms with Crippen LogP contribution in [0.3, 0.4) is 0 Å². The first-order valence-electron chi connectivity index (χ1n) is 6.68. The largest absolute Gasteiger partial charge is 0.351 e. The number of carbonyl (C=O) groups excluding carboxylic acids is 1. The van der Waals surface area contributed by atoms with Crippen molar-refractivity contribution in [1.29, 1.82) is 0 Å². The molecule has 4 heteroatoms. The van der Waals surface area contributed by atoms with Crippen molar-refractivity contribution in [3.8, 4) is 0 Å². The average molecular weight is 284 g/mol. The molecule has 0 radical (unpaired) electrons. The van der Waals surface area contributed by atoms with Gasteiger partial charge in [-0.2, -0.15) is 0 Å². The molecule has 1 saturated carbocycles. The Morgan fingerprint density at radius 1 is 1.39 bits per heavy atom. The third kappa shape index (κ3) is 2.43. The molecule has 0 aliphatic heterocycles. The maximum atomic E-state index is 12.1. The number of carbonyl (C=O) groups is 1. The number of aryl methyl sites for hydroxylation is 2. The standard InChI is InChI=1S/C14H18ClNOS/c15-8-14(5-6-14)9-16-13(17)12-7-10-3-1-2-4-11(10)18-12/h7H,1-6,8-9H2,(H,16,17). The van der Waals surface area contributed by atoms with Crippen LogP contribution in [0, 0.1) is 5.41 Å². The number of amides is 1. The fraction of sp³-hybridized carbons (Fsp3) is 0.643. The van der Waals surface area contributed by atoms with Gasteiger partial charge in [-0.15, -0.1) is 22.9 Å². The zero-order valence-electron chi connectivity index (χ0n) is 10.4. The van der Waals surface area contributed by atoms with Crippen molar-refractivity contribution in [3.05, 3.63) is 21.4 Å². The SMILES string of the molecule is O=C(NCC1(CCl)CC1)c1cc2c(s1)CCCC2. The number of rotatable bonds is 4. The third-order valence-corrected chi connectivity index (χ3v) is 5.89. The molecule has 0 atom stereocenters. The van der Waals surface area contributed by atoms with Crippen molar-refractivity contribution in [2.45, 2.75) is 38.5 Å². The summed E-state index contributed by atoms with van der Waals surface area (Å²) in [5.41, 5.74) is 1.60. The van der Waals surface area contributed by atoms with Gasteiger partial charge in [0.15, 0.2) is 0 Å². The molecule has 1 heterocycles. The Kier molecular flexibility index (Phi) is 3.37. The number of hydrogen-bond donors (Lipinski definition) is 1. The Hall–Kier alpha value is -0.540. The van der Waals surface area contributed by atoms with E-state index in [1.807, 2.05) is 0 Å². The molecule has 1 amide bonds. The molecule has 3 rings (SSSR count). The second-order valence-corrected chi connectivity index (χ2v) is 6.99. The van der Waals surface area contributed by atoms with Gasteiger partial charge in [-0.1, -0.05) is 0 Å². The van der Waals surface area contributed by atoms with Crippen LogP contribution in [-0.2, 0) is 12.8 Å². The Morgan fingerprint density at radius 3 is 2.83 bits per heavy atom. The highest BCUT2D eigenvalue weighted by atomic mass is 35.5. The van der Waals surface area contributed by atoms with Gasteiger partial charge < -0.3 is 5.32 Å². The van der Waals surface area contributed by atoms with E-state index in [4.69, 9.17) is 11.6 Å². The van der Waals surface area contributed by atoms with E-state index in [9.17, 15) is 4.79 Å². The number of thiophene rings is 1. The Morgan fingerprint density at radius 2 is 2.17 bits per heavy atom.